The summed E-state index contributed by atoms with van der Waals surface area (Å²) >= 11 is 9.52. The van der Waals surface area contributed by atoms with E-state index in [1.54, 1.807) is 10.7 Å². The van der Waals surface area contributed by atoms with Crippen LogP contribution in [0.15, 0.2) is 28.9 Å². The van der Waals surface area contributed by atoms with Gasteiger partial charge in [0.15, 0.2) is 0 Å². The number of carbonyl (C=O) groups is 1. The minimum absolute atomic E-state index is 0.0793. The van der Waals surface area contributed by atoms with Crippen molar-refractivity contribution in [3.8, 4) is 0 Å². The maximum Gasteiger partial charge on any atom is 0.213 e. The van der Waals surface area contributed by atoms with Crippen molar-refractivity contribution >= 4 is 33.3 Å². The number of halogens is 2. The van der Waals surface area contributed by atoms with Crippen LogP contribution in [-0.4, -0.2) is 15.6 Å². The van der Waals surface area contributed by atoms with Gasteiger partial charge < -0.3 is 0 Å². The van der Waals surface area contributed by atoms with Gasteiger partial charge in [0.25, 0.3) is 0 Å². The molecule has 0 aliphatic carbocycles. The Kier molecular flexibility index (Phi) is 4.11. The van der Waals surface area contributed by atoms with Crippen molar-refractivity contribution in [1.29, 1.82) is 0 Å². The molecule has 1 aromatic carbocycles. The molecule has 0 saturated carbocycles. The molecule has 1 heterocycles. The summed E-state index contributed by atoms with van der Waals surface area (Å²) in [6, 6.07) is 5.70. The van der Waals surface area contributed by atoms with Gasteiger partial charge in [0.1, 0.15) is 5.69 Å². The number of aromatic nitrogens is 2. The molecule has 100 valence electrons. The third-order valence-corrected chi connectivity index (χ3v) is 3.76. The van der Waals surface area contributed by atoms with Crippen molar-refractivity contribution in [2.24, 2.45) is 0 Å². The van der Waals surface area contributed by atoms with Gasteiger partial charge in [0, 0.05) is 16.1 Å². The first-order valence-electron chi connectivity index (χ1n) is 5.95. The number of benzene rings is 1. The molecule has 0 spiro atoms. The third-order valence-electron chi connectivity index (χ3n) is 2.82. The summed E-state index contributed by atoms with van der Waals surface area (Å²) in [7, 11) is 0. The Labute approximate surface area is 125 Å². The fourth-order valence-electron chi connectivity index (χ4n) is 1.88. The van der Waals surface area contributed by atoms with Crippen LogP contribution in [-0.2, 0) is 0 Å². The van der Waals surface area contributed by atoms with Gasteiger partial charge in [-0.3, -0.25) is 9.48 Å². The molecule has 0 radical (unpaired) electrons. The SMILES string of the molecule is Cc1ccc(C(=O)c2c(Cl)cnn2C(C)C)c(Br)c1. The van der Waals surface area contributed by atoms with Crippen molar-refractivity contribution in [2.45, 2.75) is 26.8 Å². The van der Waals surface area contributed by atoms with Crippen LogP contribution in [0.2, 0.25) is 5.02 Å². The summed E-state index contributed by atoms with van der Waals surface area (Å²) in [5, 5.41) is 4.54. The van der Waals surface area contributed by atoms with Crippen LogP contribution in [0.3, 0.4) is 0 Å². The predicted molar refractivity (Wildman–Crippen MR) is 79.9 cm³/mol. The van der Waals surface area contributed by atoms with E-state index in [-0.39, 0.29) is 11.8 Å². The molecule has 2 aromatic rings. The molecular weight excluding hydrogens is 328 g/mol. The zero-order valence-electron chi connectivity index (χ0n) is 10.9. The Balaban J connectivity index is 2.53. The minimum atomic E-state index is -0.122. The van der Waals surface area contributed by atoms with Gasteiger partial charge in [0.05, 0.1) is 11.2 Å². The van der Waals surface area contributed by atoms with Crippen LogP contribution >= 0.6 is 27.5 Å². The lowest BCUT2D eigenvalue weighted by Crippen LogP contribution is -2.14. The fraction of sp³-hybridized carbons (Fsp3) is 0.286. The van der Waals surface area contributed by atoms with Crippen LogP contribution in [0.4, 0.5) is 0 Å². The Hall–Kier alpha value is -1.13. The van der Waals surface area contributed by atoms with Gasteiger partial charge in [0.2, 0.25) is 5.78 Å². The minimum Gasteiger partial charge on any atom is -0.287 e. The van der Waals surface area contributed by atoms with E-state index in [2.05, 4.69) is 21.0 Å². The molecule has 0 N–H and O–H groups in total. The molecule has 19 heavy (non-hydrogen) atoms. The molecular formula is C14H14BrClN2O. The van der Waals surface area contributed by atoms with E-state index in [1.165, 1.54) is 6.20 Å². The standard InChI is InChI=1S/C14H14BrClN2O/c1-8(2)18-13(12(16)7-17-18)14(19)10-5-4-9(3)6-11(10)15/h4-8H,1-3H3. The lowest BCUT2D eigenvalue weighted by molar-refractivity contribution is 0.102. The smallest absolute Gasteiger partial charge is 0.213 e. The monoisotopic (exact) mass is 340 g/mol. The summed E-state index contributed by atoms with van der Waals surface area (Å²) in [4.78, 5) is 12.6. The molecule has 0 aliphatic heterocycles. The summed E-state index contributed by atoms with van der Waals surface area (Å²) in [6.45, 7) is 5.90. The average molecular weight is 342 g/mol. The highest BCUT2D eigenvalue weighted by molar-refractivity contribution is 9.10. The van der Waals surface area contributed by atoms with Crippen molar-refractivity contribution in [2.75, 3.05) is 0 Å². The zero-order valence-corrected chi connectivity index (χ0v) is 13.3. The van der Waals surface area contributed by atoms with Crippen LogP contribution in [0.25, 0.3) is 0 Å². The summed E-state index contributed by atoms with van der Waals surface area (Å²) < 4.78 is 2.42. The van der Waals surface area contributed by atoms with Crippen molar-refractivity contribution in [1.82, 2.24) is 9.78 Å². The van der Waals surface area contributed by atoms with Crippen molar-refractivity contribution in [3.05, 3.63) is 50.7 Å². The van der Waals surface area contributed by atoms with Gasteiger partial charge >= 0.3 is 0 Å². The normalized spacial score (nSPS) is 11.1. The van der Waals surface area contributed by atoms with Gasteiger partial charge in [-0.05, 0) is 38.5 Å². The molecule has 2 rings (SSSR count). The molecule has 0 unspecified atom stereocenters. The lowest BCUT2D eigenvalue weighted by atomic mass is 10.1. The van der Waals surface area contributed by atoms with E-state index < -0.39 is 0 Å². The summed E-state index contributed by atoms with van der Waals surface area (Å²) in [5.74, 6) is -0.122. The molecule has 0 aliphatic rings. The Morgan fingerprint density at radius 1 is 1.42 bits per heavy atom. The molecule has 0 bridgehead atoms. The first-order valence-corrected chi connectivity index (χ1v) is 7.12. The van der Waals surface area contributed by atoms with Crippen LogP contribution in [0, 0.1) is 6.92 Å². The molecule has 0 fully saturated rings. The van der Waals surface area contributed by atoms with Gasteiger partial charge in [-0.1, -0.05) is 33.6 Å². The molecule has 5 heteroatoms. The maximum absolute atomic E-state index is 12.6. The maximum atomic E-state index is 12.6. The first-order chi connectivity index (χ1) is 8.91. The Morgan fingerprint density at radius 3 is 2.68 bits per heavy atom. The number of rotatable bonds is 3. The molecule has 0 saturated heterocycles. The second-order valence-corrected chi connectivity index (χ2v) is 5.95. The van der Waals surface area contributed by atoms with E-state index in [0.717, 1.165) is 10.0 Å². The average Bonchev–Trinajstić information content (AvgIpc) is 2.70. The number of ketones is 1. The molecule has 3 nitrogen and oxygen atoms in total. The fourth-order valence-corrected chi connectivity index (χ4v) is 2.77. The van der Waals surface area contributed by atoms with Crippen LogP contribution in [0.1, 0.15) is 41.5 Å². The van der Waals surface area contributed by atoms with Crippen LogP contribution in [0.5, 0.6) is 0 Å². The van der Waals surface area contributed by atoms with E-state index in [1.807, 2.05) is 32.9 Å². The zero-order chi connectivity index (χ0) is 14.2. The quantitative estimate of drug-likeness (QED) is 0.775. The number of aryl methyl sites for hydroxylation is 1. The third kappa shape index (κ3) is 2.74. The van der Waals surface area contributed by atoms with E-state index >= 15 is 0 Å². The number of hydrogen-bond acceptors (Lipinski definition) is 2. The first kappa shape index (κ1) is 14.3. The van der Waals surface area contributed by atoms with Gasteiger partial charge in [-0.2, -0.15) is 5.10 Å². The topological polar surface area (TPSA) is 34.9 Å². The lowest BCUT2D eigenvalue weighted by Gasteiger charge is -2.11. The Morgan fingerprint density at radius 2 is 2.11 bits per heavy atom. The Bertz CT molecular complexity index is 634. The number of hydrogen-bond donors (Lipinski definition) is 0. The van der Waals surface area contributed by atoms with E-state index in [9.17, 15) is 4.79 Å². The second kappa shape index (κ2) is 5.47. The molecule has 0 atom stereocenters. The highest BCUT2D eigenvalue weighted by Crippen LogP contribution is 2.26. The highest BCUT2D eigenvalue weighted by atomic mass is 79.9. The predicted octanol–water partition coefficient (Wildman–Crippen LogP) is 4.42. The summed E-state index contributed by atoms with van der Waals surface area (Å²) in [5.41, 5.74) is 2.11. The highest BCUT2D eigenvalue weighted by Gasteiger charge is 2.22. The van der Waals surface area contributed by atoms with Gasteiger partial charge in [-0.25, -0.2) is 0 Å². The van der Waals surface area contributed by atoms with Gasteiger partial charge in [-0.15, -0.1) is 0 Å². The van der Waals surface area contributed by atoms with Crippen LogP contribution < -0.4 is 0 Å². The molecule has 1 aromatic heterocycles. The summed E-state index contributed by atoms with van der Waals surface area (Å²) in [6.07, 6.45) is 1.51. The van der Waals surface area contributed by atoms with E-state index in [0.29, 0.717) is 16.3 Å². The number of carbonyl (C=O) groups excluding carboxylic acids is 1. The second-order valence-electron chi connectivity index (χ2n) is 4.69. The number of nitrogens with zero attached hydrogens (tertiary/aromatic N) is 2. The van der Waals surface area contributed by atoms with E-state index in [4.69, 9.17) is 11.6 Å². The molecule has 0 amide bonds. The van der Waals surface area contributed by atoms with Crippen molar-refractivity contribution in [3.63, 3.8) is 0 Å². The largest absolute Gasteiger partial charge is 0.287 e. The van der Waals surface area contributed by atoms with Crippen molar-refractivity contribution < 1.29 is 4.79 Å².